The highest BCUT2D eigenvalue weighted by molar-refractivity contribution is 7.99. The van der Waals surface area contributed by atoms with E-state index in [0.717, 1.165) is 16.8 Å². The second-order valence-electron chi connectivity index (χ2n) is 7.33. The molecule has 0 saturated heterocycles. The highest BCUT2D eigenvalue weighted by Gasteiger charge is 2.13. The summed E-state index contributed by atoms with van der Waals surface area (Å²) < 4.78 is 1.55. The number of fused-ring (bicyclic) bond motifs is 1. The van der Waals surface area contributed by atoms with Crippen LogP contribution in [0.3, 0.4) is 0 Å². The van der Waals surface area contributed by atoms with Gasteiger partial charge in [0.2, 0.25) is 0 Å². The fourth-order valence-corrected chi connectivity index (χ4v) is 3.66. The highest BCUT2D eigenvalue weighted by Crippen LogP contribution is 2.18. The molecule has 0 fully saturated rings. The molecular weight excluding hydrogens is 410 g/mol. The molecule has 2 aromatic carbocycles. The summed E-state index contributed by atoms with van der Waals surface area (Å²) in [7, 11) is 3.95. The summed E-state index contributed by atoms with van der Waals surface area (Å²) in [6.07, 6.45) is 1.59. The lowest BCUT2D eigenvalue weighted by molar-refractivity contribution is -0.118. The fourth-order valence-electron chi connectivity index (χ4n) is 2.87. The van der Waals surface area contributed by atoms with Crippen LogP contribution in [0.2, 0.25) is 0 Å². The minimum atomic E-state index is -0.282. The lowest BCUT2D eigenvalue weighted by atomic mass is 10.2. The van der Waals surface area contributed by atoms with E-state index in [2.05, 4.69) is 22.1 Å². The standard InChI is InChI=1S/C23H25N5O2S/c1-16(2)14-28-22(30)19-7-5-6-8-20(19)25-23(28)31-15-21(29)26-24-13-17-9-11-18(12-10-17)27(3)4/h5-13H,1,14-15H2,2-4H3,(H,26,29)/b24-13-. The summed E-state index contributed by atoms with van der Waals surface area (Å²) in [6, 6.07) is 15.0. The summed E-state index contributed by atoms with van der Waals surface area (Å²) in [6.45, 7) is 6.09. The van der Waals surface area contributed by atoms with Gasteiger partial charge in [-0.15, -0.1) is 0 Å². The molecule has 0 aliphatic rings. The first-order chi connectivity index (χ1) is 14.8. The molecular formula is C23H25N5O2S. The average molecular weight is 436 g/mol. The van der Waals surface area contributed by atoms with Gasteiger partial charge in [0.25, 0.3) is 11.5 Å². The third kappa shape index (κ3) is 5.82. The minimum absolute atomic E-state index is 0.0812. The van der Waals surface area contributed by atoms with Crippen molar-refractivity contribution in [2.24, 2.45) is 5.10 Å². The molecule has 0 aliphatic carbocycles. The quantitative estimate of drug-likeness (QED) is 0.193. The molecule has 160 valence electrons. The van der Waals surface area contributed by atoms with Gasteiger partial charge in [-0.1, -0.05) is 48.2 Å². The number of hydrogen-bond acceptors (Lipinski definition) is 6. The second-order valence-corrected chi connectivity index (χ2v) is 8.27. The van der Waals surface area contributed by atoms with Crippen LogP contribution in [0.15, 0.2) is 75.7 Å². The average Bonchev–Trinajstić information content (AvgIpc) is 2.74. The lowest BCUT2D eigenvalue weighted by Gasteiger charge is -2.12. The first-order valence-electron chi connectivity index (χ1n) is 9.71. The van der Waals surface area contributed by atoms with Crippen LogP contribution in [-0.4, -0.2) is 41.5 Å². The number of allylic oxidation sites excluding steroid dienone is 1. The maximum absolute atomic E-state index is 12.9. The zero-order chi connectivity index (χ0) is 22.4. The van der Waals surface area contributed by atoms with E-state index in [4.69, 9.17) is 0 Å². The molecule has 0 radical (unpaired) electrons. The first kappa shape index (κ1) is 22.3. The number of nitrogens with zero attached hydrogens (tertiary/aromatic N) is 4. The van der Waals surface area contributed by atoms with Gasteiger partial charge < -0.3 is 4.90 Å². The van der Waals surface area contributed by atoms with Crippen LogP contribution in [0, 0.1) is 0 Å². The van der Waals surface area contributed by atoms with Gasteiger partial charge in [-0.2, -0.15) is 5.10 Å². The molecule has 0 atom stereocenters. The Balaban J connectivity index is 1.68. The normalized spacial score (nSPS) is 11.1. The van der Waals surface area contributed by atoms with E-state index in [-0.39, 0.29) is 17.2 Å². The number of para-hydroxylation sites is 1. The predicted molar refractivity (Wildman–Crippen MR) is 128 cm³/mol. The number of hydrazone groups is 1. The number of anilines is 1. The number of amides is 1. The lowest BCUT2D eigenvalue weighted by Crippen LogP contribution is -2.25. The Hall–Kier alpha value is -3.39. The maximum Gasteiger partial charge on any atom is 0.262 e. The van der Waals surface area contributed by atoms with Gasteiger partial charge in [0.1, 0.15) is 0 Å². The van der Waals surface area contributed by atoms with Gasteiger partial charge in [-0.25, -0.2) is 10.4 Å². The maximum atomic E-state index is 12.9. The molecule has 31 heavy (non-hydrogen) atoms. The van der Waals surface area contributed by atoms with Gasteiger partial charge in [-0.3, -0.25) is 14.2 Å². The second kappa shape index (κ2) is 10.1. The van der Waals surface area contributed by atoms with E-state index in [1.165, 1.54) is 11.8 Å². The summed E-state index contributed by atoms with van der Waals surface area (Å²) in [5.41, 5.74) is 5.77. The van der Waals surface area contributed by atoms with Crippen LogP contribution in [-0.2, 0) is 11.3 Å². The van der Waals surface area contributed by atoms with Crippen molar-refractivity contribution in [2.75, 3.05) is 24.7 Å². The van der Waals surface area contributed by atoms with Crippen molar-refractivity contribution in [1.29, 1.82) is 0 Å². The number of benzene rings is 2. The molecule has 0 bridgehead atoms. The van der Waals surface area contributed by atoms with Crippen molar-refractivity contribution in [3.05, 3.63) is 76.6 Å². The molecule has 1 aromatic heterocycles. The Morgan fingerprint density at radius 1 is 1.23 bits per heavy atom. The topological polar surface area (TPSA) is 79.6 Å². The Morgan fingerprint density at radius 3 is 2.61 bits per heavy atom. The van der Waals surface area contributed by atoms with E-state index in [0.29, 0.717) is 22.6 Å². The SMILES string of the molecule is C=C(C)Cn1c(SCC(=O)N/N=C\c2ccc(N(C)C)cc2)nc2ccccc2c1=O. The molecule has 1 heterocycles. The van der Waals surface area contributed by atoms with E-state index in [1.807, 2.05) is 62.3 Å². The van der Waals surface area contributed by atoms with Gasteiger partial charge in [0.05, 0.1) is 22.9 Å². The first-order valence-corrected chi connectivity index (χ1v) is 10.7. The zero-order valence-corrected chi connectivity index (χ0v) is 18.6. The monoisotopic (exact) mass is 435 g/mol. The number of thioether (sulfide) groups is 1. The van der Waals surface area contributed by atoms with Crippen molar-refractivity contribution < 1.29 is 4.79 Å². The summed E-state index contributed by atoms with van der Waals surface area (Å²) in [5.74, 6) is -0.201. The van der Waals surface area contributed by atoms with Gasteiger partial charge in [-0.05, 0) is 36.8 Å². The van der Waals surface area contributed by atoms with Crippen LogP contribution in [0.25, 0.3) is 10.9 Å². The van der Waals surface area contributed by atoms with Crippen LogP contribution in [0.4, 0.5) is 5.69 Å². The zero-order valence-electron chi connectivity index (χ0n) is 17.8. The largest absolute Gasteiger partial charge is 0.378 e. The van der Waals surface area contributed by atoms with Crippen molar-refractivity contribution in [1.82, 2.24) is 15.0 Å². The van der Waals surface area contributed by atoms with E-state index >= 15 is 0 Å². The molecule has 0 unspecified atom stereocenters. The summed E-state index contributed by atoms with van der Waals surface area (Å²) in [5, 5.41) is 5.03. The third-order valence-corrected chi connectivity index (χ3v) is 5.38. The molecule has 1 N–H and O–H groups in total. The fraction of sp³-hybridized carbons (Fsp3) is 0.217. The predicted octanol–water partition coefficient (Wildman–Crippen LogP) is 3.28. The molecule has 1 amide bonds. The van der Waals surface area contributed by atoms with Gasteiger partial charge in [0, 0.05) is 26.3 Å². The number of rotatable bonds is 8. The Labute approximate surface area is 185 Å². The number of aromatic nitrogens is 2. The molecule has 8 heteroatoms. The minimum Gasteiger partial charge on any atom is -0.378 e. The van der Waals surface area contributed by atoms with Crippen molar-refractivity contribution in [3.63, 3.8) is 0 Å². The van der Waals surface area contributed by atoms with Gasteiger partial charge >= 0.3 is 0 Å². The number of hydrogen-bond donors (Lipinski definition) is 1. The van der Waals surface area contributed by atoms with Crippen molar-refractivity contribution in [2.45, 2.75) is 18.6 Å². The molecule has 3 aromatic rings. The van der Waals surface area contributed by atoms with Crippen LogP contribution >= 0.6 is 11.8 Å². The Bertz CT molecular complexity index is 1180. The van der Waals surface area contributed by atoms with Crippen LogP contribution < -0.4 is 15.9 Å². The van der Waals surface area contributed by atoms with E-state index in [9.17, 15) is 9.59 Å². The molecule has 0 aliphatic heterocycles. The summed E-state index contributed by atoms with van der Waals surface area (Å²) >= 11 is 1.20. The number of nitrogens with one attached hydrogen (secondary N) is 1. The van der Waals surface area contributed by atoms with Gasteiger partial charge in [0.15, 0.2) is 5.16 Å². The Kier molecular flexibility index (Phi) is 7.25. The molecule has 0 saturated carbocycles. The van der Waals surface area contributed by atoms with Crippen molar-refractivity contribution in [3.8, 4) is 0 Å². The van der Waals surface area contributed by atoms with E-state index in [1.54, 1.807) is 22.9 Å². The highest BCUT2D eigenvalue weighted by atomic mass is 32.2. The van der Waals surface area contributed by atoms with Crippen molar-refractivity contribution >= 4 is 40.5 Å². The number of carbonyl (C=O) groups is 1. The third-order valence-electron chi connectivity index (χ3n) is 4.40. The summed E-state index contributed by atoms with van der Waals surface area (Å²) in [4.78, 5) is 31.7. The Morgan fingerprint density at radius 2 is 1.94 bits per heavy atom. The van der Waals surface area contributed by atoms with Crippen LogP contribution in [0.5, 0.6) is 0 Å². The smallest absolute Gasteiger partial charge is 0.262 e. The molecule has 3 rings (SSSR count). The molecule has 0 spiro atoms. The number of carbonyl (C=O) groups excluding carboxylic acids is 1. The van der Waals surface area contributed by atoms with E-state index < -0.39 is 0 Å². The molecule has 7 nitrogen and oxygen atoms in total. The van der Waals surface area contributed by atoms with Crippen LogP contribution in [0.1, 0.15) is 12.5 Å².